The number of nitrogens with one attached hydrogen (secondary N) is 1. The zero-order valence-electron chi connectivity index (χ0n) is 9.95. The molecule has 1 aromatic carbocycles. The number of anilines is 2. The van der Waals surface area contributed by atoms with E-state index in [2.05, 4.69) is 36.7 Å². The summed E-state index contributed by atoms with van der Waals surface area (Å²) in [5.74, 6) is 0.736. The van der Waals surface area contributed by atoms with Crippen LogP contribution < -0.4 is 5.32 Å². The van der Waals surface area contributed by atoms with E-state index in [0.29, 0.717) is 5.02 Å². The minimum atomic E-state index is 0.635. The highest BCUT2D eigenvalue weighted by Crippen LogP contribution is 2.34. The van der Waals surface area contributed by atoms with Gasteiger partial charge in [0.15, 0.2) is 5.82 Å². The van der Waals surface area contributed by atoms with Gasteiger partial charge in [0.2, 0.25) is 0 Å². The van der Waals surface area contributed by atoms with Gasteiger partial charge in [0.25, 0.3) is 0 Å². The first-order chi connectivity index (χ1) is 9.15. The van der Waals surface area contributed by atoms with E-state index in [4.69, 9.17) is 11.6 Å². The number of aryl methyl sites for hydroxylation is 1. The summed E-state index contributed by atoms with van der Waals surface area (Å²) < 4.78 is 6.31. The van der Waals surface area contributed by atoms with Crippen LogP contribution in [0.4, 0.5) is 11.5 Å². The van der Waals surface area contributed by atoms with Crippen molar-refractivity contribution in [1.82, 2.24) is 9.36 Å². The third-order valence-corrected chi connectivity index (χ3v) is 4.73. The molecule has 1 N–H and O–H groups in total. The average Bonchev–Trinajstić information content (AvgIpc) is 2.77. The first-order valence-electron chi connectivity index (χ1n) is 5.58. The van der Waals surface area contributed by atoms with Crippen molar-refractivity contribution in [3.63, 3.8) is 0 Å². The smallest absolute Gasteiger partial charge is 0.170 e. The van der Waals surface area contributed by atoms with E-state index in [9.17, 15) is 0 Å². The minimum Gasteiger partial charge on any atom is -0.336 e. The van der Waals surface area contributed by atoms with Crippen LogP contribution in [0.2, 0.25) is 5.02 Å². The lowest BCUT2D eigenvalue weighted by Gasteiger charge is -2.07. The number of rotatable bonds is 2. The van der Waals surface area contributed by atoms with Crippen molar-refractivity contribution >= 4 is 60.8 Å². The molecule has 2 heterocycles. The number of hydrogen-bond donors (Lipinski definition) is 1. The molecule has 0 saturated carbocycles. The molecule has 96 valence electrons. The molecule has 0 unspecified atom stereocenters. The zero-order chi connectivity index (χ0) is 13.4. The number of hydrogen-bond acceptors (Lipinski definition) is 4. The summed E-state index contributed by atoms with van der Waals surface area (Å²) in [5.41, 5.74) is 2.81. The summed E-state index contributed by atoms with van der Waals surface area (Å²) in [6, 6.07) is 7.80. The van der Waals surface area contributed by atoms with Crippen LogP contribution >= 0.6 is 39.1 Å². The highest BCUT2D eigenvalue weighted by Gasteiger charge is 2.10. The Hall–Kier alpha value is -1.17. The largest absolute Gasteiger partial charge is 0.336 e. The van der Waals surface area contributed by atoms with Gasteiger partial charge in [-0.15, -0.1) is 0 Å². The van der Waals surface area contributed by atoms with E-state index in [-0.39, 0.29) is 0 Å². The maximum atomic E-state index is 6.23. The topological polar surface area (TPSA) is 37.8 Å². The van der Waals surface area contributed by atoms with Gasteiger partial charge in [-0.1, -0.05) is 17.7 Å². The Morgan fingerprint density at radius 1 is 1.37 bits per heavy atom. The molecule has 0 aliphatic rings. The Morgan fingerprint density at radius 2 is 2.21 bits per heavy atom. The lowest BCUT2D eigenvalue weighted by molar-refractivity contribution is 1.33. The number of fused-ring (bicyclic) bond motifs is 1. The first kappa shape index (κ1) is 12.8. The predicted octanol–water partition coefficient (Wildman–Crippen LogP) is 5.16. The van der Waals surface area contributed by atoms with Gasteiger partial charge >= 0.3 is 0 Å². The standard InChI is InChI=1S/C13H9BrClN3S/c1-7-5-10-12(16-6-7)13(18-19-10)17-9-4-2-3-8(14)11(9)15/h2-6H,1H3,(H,17,18). The number of nitrogens with zero attached hydrogens (tertiary/aromatic N) is 2. The van der Waals surface area contributed by atoms with Gasteiger partial charge in [-0.3, -0.25) is 4.98 Å². The second-order valence-electron chi connectivity index (χ2n) is 4.12. The van der Waals surface area contributed by atoms with E-state index >= 15 is 0 Å². The van der Waals surface area contributed by atoms with Crippen molar-refractivity contribution in [2.75, 3.05) is 5.32 Å². The third kappa shape index (κ3) is 2.45. The Kier molecular flexibility index (Phi) is 3.43. The van der Waals surface area contributed by atoms with Crippen molar-refractivity contribution < 1.29 is 0 Å². The van der Waals surface area contributed by atoms with Gasteiger partial charge in [0.1, 0.15) is 5.52 Å². The summed E-state index contributed by atoms with van der Waals surface area (Å²) in [6.07, 6.45) is 1.84. The van der Waals surface area contributed by atoms with Gasteiger partial charge in [-0.05, 0) is 58.1 Å². The lowest BCUT2D eigenvalue weighted by Crippen LogP contribution is -1.93. The number of benzene rings is 1. The molecule has 2 aromatic heterocycles. The number of aromatic nitrogens is 2. The predicted molar refractivity (Wildman–Crippen MR) is 84.6 cm³/mol. The van der Waals surface area contributed by atoms with Crippen molar-refractivity contribution in [2.24, 2.45) is 0 Å². The van der Waals surface area contributed by atoms with E-state index in [1.165, 1.54) is 11.5 Å². The van der Waals surface area contributed by atoms with Crippen LogP contribution in [-0.4, -0.2) is 9.36 Å². The van der Waals surface area contributed by atoms with Gasteiger partial charge in [0, 0.05) is 10.7 Å². The van der Waals surface area contributed by atoms with Crippen LogP contribution in [0.25, 0.3) is 10.2 Å². The molecule has 3 nitrogen and oxygen atoms in total. The SMILES string of the molecule is Cc1cnc2c(Nc3cccc(Br)c3Cl)nsc2c1. The maximum absolute atomic E-state index is 6.23. The van der Waals surface area contributed by atoms with E-state index in [1.54, 1.807) is 0 Å². The molecular weight excluding hydrogens is 346 g/mol. The summed E-state index contributed by atoms with van der Waals surface area (Å²) >= 11 is 11.1. The highest BCUT2D eigenvalue weighted by atomic mass is 79.9. The quantitative estimate of drug-likeness (QED) is 0.691. The molecule has 6 heteroatoms. The second-order valence-corrected chi connectivity index (χ2v) is 6.15. The summed E-state index contributed by atoms with van der Waals surface area (Å²) in [4.78, 5) is 4.42. The van der Waals surface area contributed by atoms with Crippen molar-refractivity contribution in [1.29, 1.82) is 0 Å². The molecule has 3 rings (SSSR count). The Bertz CT molecular complexity index is 757. The molecule has 0 fully saturated rings. The third-order valence-electron chi connectivity index (χ3n) is 2.65. The molecule has 0 atom stereocenters. The first-order valence-corrected chi connectivity index (χ1v) is 7.52. The van der Waals surface area contributed by atoms with Crippen molar-refractivity contribution in [2.45, 2.75) is 6.92 Å². The number of halogens is 2. The Labute approximate surface area is 127 Å². The van der Waals surface area contributed by atoms with E-state index < -0.39 is 0 Å². The molecule has 19 heavy (non-hydrogen) atoms. The zero-order valence-corrected chi connectivity index (χ0v) is 13.1. The molecule has 0 amide bonds. The number of pyridine rings is 1. The van der Waals surface area contributed by atoms with Crippen LogP contribution in [0, 0.1) is 6.92 Å². The van der Waals surface area contributed by atoms with Gasteiger partial charge in [0.05, 0.1) is 15.4 Å². The fourth-order valence-electron chi connectivity index (χ4n) is 1.74. The van der Waals surface area contributed by atoms with Crippen LogP contribution in [0.5, 0.6) is 0 Å². The van der Waals surface area contributed by atoms with Crippen LogP contribution in [0.15, 0.2) is 34.9 Å². The summed E-state index contributed by atoms with van der Waals surface area (Å²) in [6.45, 7) is 2.02. The summed E-state index contributed by atoms with van der Waals surface area (Å²) in [7, 11) is 0. The van der Waals surface area contributed by atoms with Crippen LogP contribution in [0.3, 0.4) is 0 Å². The van der Waals surface area contributed by atoms with Crippen LogP contribution in [-0.2, 0) is 0 Å². The van der Waals surface area contributed by atoms with Gasteiger partial charge < -0.3 is 5.32 Å². The van der Waals surface area contributed by atoms with Gasteiger partial charge in [-0.25, -0.2) is 0 Å². The molecule has 0 aliphatic carbocycles. The van der Waals surface area contributed by atoms with E-state index in [0.717, 1.165) is 31.8 Å². The normalized spacial score (nSPS) is 10.9. The molecule has 0 aliphatic heterocycles. The Morgan fingerprint density at radius 3 is 3.05 bits per heavy atom. The van der Waals surface area contributed by atoms with Crippen molar-refractivity contribution in [3.05, 3.63) is 45.5 Å². The monoisotopic (exact) mass is 353 g/mol. The molecule has 0 bridgehead atoms. The maximum Gasteiger partial charge on any atom is 0.170 e. The van der Waals surface area contributed by atoms with Gasteiger partial charge in [-0.2, -0.15) is 4.37 Å². The lowest BCUT2D eigenvalue weighted by atomic mass is 10.3. The fraction of sp³-hybridized carbons (Fsp3) is 0.0769. The van der Waals surface area contributed by atoms with Crippen molar-refractivity contribution in [3.8, 4) is 0 Å². The molecule has 0 spiro atoms. The fourth-order valence-corrected chi connectivity index (χ4v) is 3.07. The highest BCUT2D eigenvalue weighted by molar-refractivity contribution is 9.10. The molecule has 0 saturated heterocycles. The molecule has 0 radical (unpaired) electrons. The van der Waals surface area contributed by atoms with Crippen LogP contribution in [0.1, 0.15) is 5.56 Å². The Balaban J connectivity index is 2.04. The van der Waals surface area contributed by atoms with E-state index in [1.807, 2.05) is 31.3 Å². The minimum absolute atomic E-state index is 0.635. The average molecular weight is 355 g/mol. The summed E-state index contributed by atoms with van der Waals surface area (Å²) in [5, 5.41) is 3.87. The molecular formula is C13H9BrClN3S. The second kappa shape index (κ2) is 5.07. The molecule has 3 aromatic rings.